The van der Waals surface area contributed by atoms with Crippen LogP contribution in [0.4, 0.5) is 4.79 Å². The van der Waals surface area contributed by atoms with E-state index in [9.17, 15) is 18.0 Å². The lowest BCUT2D eigenvalue weighted by Gasteiger charge is -2.34. The van der Waals surface area contributed by atoms with Gasteiger partial charge in [0, 0.05) is 64.5 Å². The quantitative estimate of drug-likeness (QED) is 0.672. The largest absolute Gasteiger partial charge is 0.450 e. The second kappa shape index (κ2) is 9.76. The van der Waals surface area contributed by atoms with Gasteiger partial charge < -0.3 is 14.5 Å². The van der Waals surface area contributed by atoms with Gasteiger partial charge in [0.2, 0.25) is 10.0 Å². The van der Waals surface area contributed by atoms with E-state index in [2.05, 4.69) is 4.90 Å². The summed E-state index contributed by atoms with van der Waals surface area (Å²) in [6, 6.07) is 7.58. The highest BCUT2D eigenvalue weighted by molar-refractivity contribution is 7.88. The summed E-state index contributed by atoms with van der Waals surface area (Å²) in [5, 5.41) is 0. The number of carbonyl (C=O) groups is 2. The van der Waals surface area contributed by atoms with Crippen LogP contribution in [0.3, 0.4) is 0 Å². The molecule has 0 N–H and O–H groups in total. The fraction of sp³-hybridized carbons (Fsp3) is 0.600. The molecule has 2 fully saturated rings. The second-order valence-corrected chi connectivity index (χ2v) is 9.60. The Morgan fingerprint density at radius 1 is 0.967 bits per heavy atom. The van der Waals surface area contributed by atoms with E-state index < -0.39 is 10.0 Å². The molecule has 2 heterocycles. The Labute approximate surface area is 178 Å². The van der Waals surface area contributed by atoms with Crippen LogP contribution < -0.4 is 0 Å². The van der Waals surface area contributed by atoms with Crippen molar-refractivity contribution in [1.29, 1.82) is 0 Å². The molecule has 0 aromatic heterocycles. The van der Waals surface area contributed by atoms with Crippen LogP contribution in [-0.4, -0.2) is 105 Å². The summed E-state index contributed by atoms with van der Waals surface area (Å²) in [6.45, 7) is 7.00. The van der Waals surface area contributed by atoms with E-state index in [0.29, 0.717) is 71.1 Å². The van der Waals surface area contributed by atoms with Gasteiger partial charge in [-0.15, -0.1) is 0 Å². The van der Waals surface area contributed by atoms with Gasteiger partial charge in [-0.1, -0.05) is 12.1 Å². The number of benzene rings is 1. The van der Waals surface area contributed by atoms with Crippen LogP contribution >= 0.6 is 0 Å². The minimum absolute atomic E-state index is 0.0396. The molecule has 2 aliphatic heterocycles. The summed E-state index contributed by atoms with van der Waals surface area (Å²) in [5.41, 5.74) is 1.66. The molecule has 0 bridgehead atoms. The summed E-state index contributed by atoms with van der Waals surface area (Å²) in [4.78, 5) is 30.3. The number of nitrogens with zero attached hydrogens (tertiary/aromatic N) is 4. The van der Waals surface area contributed by atoms with Gasteiger partial charge in [-0.25, -0.2) is 13.2 Å². The maximum Gasteiger partial charge on any atom is 0.409 e. The molecule has 1 aromatic rings. The first-order valence-corrected chi connectivity index (χ1v) is 12.1. The van der Waals surface area contributed by atoms with Crippen LogP contribution in [0.5, 0.6) is 0 Å². The predicted octanol–water partition coefficient (Wildman–Crippen LogP) is 0.678. The van der Waals surface area contributed by atoms with Gasteiger partial charge in [0.1, 0.15) is 0 Å². The maximum atomic E-state index is 12.9. The Kier molecular flexibility index (Phi) is 7.32. The highest BCUT2D eigenvalue weighted by atomic mass is 32.2. The molecule has 2 amide bonds. The third-order valence-electron chi connectivity index (χ3n) is 5.47. The zero-order chi connectivity index (χ0) is 21.7. The van der Waals surface area contributed by atoms with E-state index in [1.54, 1.807) is 16.7 Å². The molecule has 9 nitrogen and oxygen atoms in total. The van der Waals surface area contributed by atoms with E-state index in [0.717, 1.165) is 5.56 Å². The van der Waals surface area contributed by atoms with Gasteiger partial charge in [-0.3, -0.25) is 9.69 Å². The molecule has 30 heavy (non-hydrogen) atoms. The standard InChI is InChI=1S/C20H30N4O5S/c1-3-29-20(26)23-11-9-22(10-12-23)19(25)18-6-4-5-17(15-18)16-21-7-13-24(14-8-21)30(2,27)28/h4-6,15H,3,7-14,16H2,1-2H3. The molecule has 0 unspecified atom stereocenters. The zero-order valence-corrected chi connectivity index (χ0v) is 18.4. The summed E-state index contributed by atoms with van der Waals surface area (Å²) in [5.74, 6) is -0.0396. The van der Waals surface area contributed by atoms with Gasteiger partial charge in [0.25, 0.3) is 5.91 Å². The van der Waals surface area contributed by atoms with Crippen molar-refractivity contribution in [3.63, 3.8) is 0 Å². The Bertz CT molecular complexity index is 860. The van der Waals surface area contributed by atoms with Crippen molar-refractivity contribution < 1.29 is 22.7 Å². The van der Waals surface area contributed by atoms with Crippen LogP contribution in [0.15, 0.2) is 24.3 Å². The third-order valence-corrected chi connectivity index (χ3v) is 6.78. The Morgan fingerprint density at radius 2 is 1.60 bits per heavy atom. The molecule has 0 aliphatic carbocycles. The first kappa shape index (κ1) is 22.5. The van der Waals surface area contributed by atoms with Crippen LogP contribution in [0.2, 0.25) is 0 Å². The minimum atomic E-state index is -3.14. The number of carbonyl (C=O) groups excluding carboxylic acids is 2. The third kappa shape index (κ3) is 5.71. The monoisotopic (exact) mass is 438 g/mol. The van der Waals surface area contributed by atoms with E-state index in [1.165, 1.54) is 10.6 Å². The van der Waals surface area contributed by atoms with E-state index in [4.69, 9.17) is 4.74 Å². The molecule has 2 saturated heterocycles. The number of rotatable bonds is 5. The van der Waals surface area contributed by atoms with Crippen molar-refractivity contribution >= 4 is 22.0 Å². The van der Waals surface area contributed by atoms with E-state index >= 15 is 0 Å². The van der Waals surface area contributed by atoms with Crippen molar-refractivity contribution in [3.8, 4) is 0 Å². The molecule has 1 aromatic carbocycles. The van der Waals surface area contributed by atoms with Crippen molar-refractivity contribution in [2.75, 3.05) is 65.2 Å². The Balaban J connectivity index is 1.54. The fourth-order valence-electron chi connectivity index (χ4n) is 3.77. The molecule has 2 aliphatic rings. The van der Waals surface area contributed by atoms with Crippen LogP contribution in [0.1, 0.15) is 22.8 Å². The zero-order valence-electron chi connectivity index (χ0n) is 17.6. The van der Waals surface area contributed by atoms with Gasteiger partial charge in [0.15, 0.2) is 0 Å². The molecule has 166 valence electrons. The molecule has 3 rings (SSSR count). The van der Waals surface area contributed by atoms with Crippen LogP contribution in [0.25, 0.3) is 0 Å². The first-order valence-electron chi connectivity index (χ1n) is 10.3. The Hall–Kier alpha value is -2.17. The lowest BCUT2D eigenvalue weighted by molar-refractivity contribution is 0.0570. The average Bonchev–Trinajstić information content (AvgIpc) is 2.73. The maximum absolute atomic E-state index is 12.9. The summed E-state index contributed by atoms with van der Waals surface area (Å²) in [6.07, 6.45) is 0.909. The highest BCUT2D eigenvalue weighted by Crippen LogP contribution is 2.15. The summed E-state index contributed by atoms with van der Waals surface area (Å²) >= 11 is 0. The minimum Gasteiger partial charge on any atom is -0.450 e. The van der Waals surface area contributed by atoms with Crippen LogP contribution in [0, 0.1) is 0 Å². The first-order chi connectivity index (χ1) is 14.3. The molecule has 0 radical (unpaired) electrons. The van der Waals surface area contributed by atoms with Gasteiger partial charge >= 0.3 is 6.09 Å². The van der Waals surface area contributed by atoms with Crippen molar-refractivity contribution in [3.05, 3.63) is 35.4 Å². The number of piperazine rings is 2. The number of sulfonamides is 1. The molecular formula is C20H30N4O5S. The van der Waals surface area contributed by atoms with E-state index in [-0.39, 0.29) is 12.0 Å². The number of hydrogen-bond donors (Lipinski definition) is 0. The summed E-state index contributed by atoms with van der Waals surface area (Å²) < 4.78 is 29.8. The Morgan fingerprint density at radius 3 is 2.20 bits per heavy atom. The number of hydrogen-bond acceptors (Lipinski definition) is 6. The van der Waals surface area contributed by atoms with Crippen molar-refractivity contribution in [2.24, 2.45) is 0 Å². The number of amides is 2. The SMILES string of the molecule is CCOC(=O)N1CCN(C(=O)c2cccc(CN3CCN(S(C)(=O)=O)CC3)c2)CC1. The molecule has 0 saturated carbocycles. The van der Waals surface area contributed by atoms with E-state index in [1.807, 2.05) is 24.3 Å². The molecule has 0 spiro atoms. The molecular weight excluding hydrogens is 408 g/mol. The number of ether oxygens (including phenoxy) is 1. The van der Waals surface area contributed by atoms with Gasteiger partial charge in [0.05, 0.1) is 12.9 Å². The smallest absolute Gasteiger partial charge is 0.409 e. The predicted molar refractivity (Wildman–Crippen MR) is 113 cm³/mol. The lowest BCUT2D eigenvalue weighted by Crippen LogP contribution is -2.50. The topological polar surface area (TPSA) is 90.5 Å². The average molecular weight is 439 g/mol. The fourth-order valence-corrected chi connectivity index (χ4v) is 4.60. The van der Waals surface area contributed by atoms with Crippen molar-refractivity contribution in [1.82, 2.24) is 19.0 Å². The highest BCUT2D eigenvalue weighted by Gasteiger charge is 2.26. The molecule has 0 atom stereocenters. The second-order valence-electron chi connectivity index (χ2n) is 7.62. The van der Waals surface area contributed by atoms with Crippen LogP contribution in [-0.2, 0) is 21.3 Å². The molecule has 10 heteroatoms. The van der Waals surface area contributed by atoms with Gasteiger partial charge in [-0.05, 0) is 24.6 Å². The lowest BCUT2D eigenvalue weighted by atomic mass is 10.1. The normalized spacial score (nSPS) is 19.0. The van der Waals surface area contributed by atoms with Gasteiger partial charge in [-0.2, -0.15) is 4.31 Å². The van der Waals surface area contributed by atoms with Crippen molar-refractivity contribution in [2.45, 2.75) is 13.5 Å². The summed E-state index contributed by atoms with van der Waals surface area (Å²) in [7, 11) is -3.14.